The Hall–Kier alpha value is -1.48. The van der Waals surface area contributed by atoms with Crippen LogP contribution in [0.3, 0.4) is 0 Å². The fourth-order valence-corrected chi connectivity index (χ4v) is 2.76. The second-order valence-corrected chi connectivity index (χ2v) is 5.29. The van der Waals surface area contributed by atoms with Gasteiger partial charge in [0.25, 0.3) is 0 Å². The minimum absolute atomic E-state index is 0.777. The van der Waals surface area contributed by atoms with Gasteiger partial charge < -0.3 is 4.90 Å². The smallest absolute Gasteiger partial charge is 0.116 e. The molecule has 1 aliphatic heterocycles. The van der Waals surface area contributed by atoms with Crippen LogP contribution >= 0.6 is 0 Å². The summed E-state index contributed by atoms with van der Waals surface area (Å²) in [5, 5.41) is 1.22. The molecule has 1 aromatic carbocycles. The molecular formula is C15H19N3. The van der Waals surface area contributed by atoms with Gasteiger partial charge in [0.15, 0.2) is 0 Å². The first-order valence-electron chi connectivity index (χ1n) is 6.70. The van der Waals surface area contributed by atoms with Crippen LogP contribution in [0.25, 0.3) is 10.9 Å². The number of aromatic nitrogens is 2. The fourth-order valence-electron chi connectivity index (χ4n) is 2.76. The zero-order valence-corrected chi connectivity index (χ0v) is 10.8. The molecule has 2 aromatic rings. The topological polar surface area (TPSA) is 29.0 Å². The number of fused-ring (bicyclic) bond motifs is 1. The number of nitrogens with zero attached hydrogens (tertiary/aromatic N) is 3. The van der Waals surface area contributed by atoms with Gasteiger partial charge in [-0.1, -0.05) is 18.2 Å². The van der Waals surface area contributed by atoms with Crippen LogP contribution in [0.1, 0.15) is 18.5 Å². The Bertz CT molecular complexity index is 525. The first-order chi connectivity index (χ1) is 8.83. The second kappa shape index (κ2) is 5.02. The van der Waals surface area contributed by atoms with Gasteiger partial charge in [0.05, 0.1) is 11.2 Å². The Labute approximate surface area is 108 Å². The molecule has 1 fully saturated rings. The summed E-state index contributed by atoms with van der Waals surface area (Å²) in [6.07, 6.45) is 5.37. The maximum atomic E-state index is 4.50. The maximum Gasteiger partial charge on any atom is 0.116 e. The molecule has 0 spiro atoms. The molecule has 0 aliphatic carbocycles. The third kappa shape index (κ3) is 2.36. The summed E-state index contributed by atoms with van der Waals surface area (Å²) < 4.78 is 0. The molecule has 18 heavy (non-hydrogen) atoms. The van der Waals surface area contributed by atoms with Crippen molar-refractivity contribution >= 4 is 10.9 Å². The van der Waals surface area contributed by atoms with Crippen LogP contribution < -0.4 is 0 Å². The molecule has 1 saturated heterocycles. The molecule has 0 amide bonds. The van der Waals surface area contributed by atoms with Crippen LogP contribution in [0.5, 0.6) is 0 Å². The molecule has 0 bridgehead atoms. The Balaban J connectivity index is 1.82. The summed E-state index contributed by atoms with van der Waals surface area (Å²) in [6.45, 7) is 2.43. The lowest BCUT2D eigenvalue weighted by Gasteiger charge is -2.28. The lowest BCUT2D eigenvalue weighted by Crippen LogP contribution is -2.31. The number of hydrogen-bond donors (Lipinski definition) is 0. The van der Waals surface area contributed by atoms with Gasteiger partial charge in [-0.15, -0.1) is 0 Å². The van der Waals surface area contributed by atoms with Crippen molar-refractivity contribution in [1.29, 1.82) is 0 Å². The van der Waals surface area contributed by atoms with Crippen molar-refractivity contribution in [1.82, 2.24) is 14.9 Å². The molecule has 3 heteroatoms. The van der Waals surface area contributed by atoms with Gasteiger partial charge in [0, 0.05) is 5.39 Å². The molecule has 0 N–H and O–H groups in total. The molecule has 2 heterocycles. The van der Waals surface area contributed by atoms with Crippen LogP contribution in [0.15, 0.2) is 30.6 Å². The zero-order chi connectivity index (χ0) is 12.4. The lowest BCUT2D eigenvalue weighted by molar-refractivity contribution is 0.218. The van der Waals surface area contributed by atoms with Crippen molar-refractivity contribution in [3.8, 4) is 0 Å². The summed E-state index contributed by atoms with van der Waals surface area (Å²) in [7, 11) is 2.20. The van der Waals surface area contributed by atoms with Crippen molar-refractivity contribution in [3.05, 3.63) is 36.3 Å². The number of hydrogen-bond acceptors (Lipinski definition) is 3. The number of piperidine rings is 1. The Kier molecular flexibility index (Phi) is 3.24. The van der Waals surface area contributed by atoms with E-state index in [1.807, 2.05) is 6.07 Å². The van der Waals surface area contributed by atoms with Crippen molar-refractivity contribution in [2.45, 2.75) is 19.3 Å². The van der Waals surface area contributed by atoms with E-state index < -0.39 is 0 Å². The quantitative estimate of drug-likeness (QED) is 0.809. The van der Waals surface area contributed by atoms with E-state index in [-0.39, 0.29) is 0 Å². The maximum absolute atomic E-state index is 4.50. The van der Waals surface area contributed by atoms with E-state index in [1.165, 1.54) is 37.0 Å². The molecule has 0 atom stereocenters. The minimum Gasteiger partial charge on any atom is -0.306 e. The highest BCUT2D eigenvalue weighted by molar-refractivity contribution is 5.80. The minimum atomic E-state index is 0.777. The Morgan fingerprint density at radius 3 is 2.78 bits per heavy atom. The van der Waals surface area contributed by atoms with Gasteiger partial charge in [-0.05, 0) is 51.4 Å². The van der Waals surface area contributed by atoms with Gasteiger partial charge in [-0.3, -0.25) is 0 Å². The average Bonchev–Trinajstić information content (AvgIpc) is 2.42. The van der Waals surface area contributed by atoms with Gasteiger partial charge >= 0.3 is 0 Å². The zero-order valence-electron chi connectivity index (χ0n) is 10.8. The largest absolute Gasteiger partial charge is 0.306 e. The number of para-hydroxylation sites is 1. The fraction of sp³-hybridized carbons (Fsp3) is 0.467. The highest BCUT2D eigenvalue weighted by atomic mass is 15.1. The van der Waals surface area contributed by atoms with Crippen LogP contribution in [-0.4, -0.2) is 35.0 Å². The number of likely N-dealkylation sites (tertiary alicyclic amines) is 1. The van der Waals surface area contributed by atoms with Crippen LogP contribution in [0.4, 0.5) is 0 Å². The Morgan fingerprint density at radius 1 is 1.17 bits per heavy atom. The van der Waals surface area contributed by atoms with Crippen molar-refractivity contribution in [2.24, 2.45) is 5.92 Å². The Morgan fingerprint density at radius 2 is 1.94 bits per heavy atom. The molecule has 3 nitrogen and oxygen atoms in total. The predicted octanol–water partition coefficient (Wildman–Crippen LogP) is 2.51. The molecular weight excluding hydrogens is 222 g/mol. The number of benzene rings is 1. The van der Waals surface area contributed by atoms with E-state index in [9.17, 15) is 0 Å². The molecule has 1 aromatic heterocycles. The van der Waals surface area contributed by atoms with Gasteiger partial charge in [0.2, 0.25) is 0 Å². The van der Waals surface area contributed by atoms with E-state index in [1.54, 1.807) is 6.33 Å². The molecule has 0 unspecified atom stereocenters. The van der Waals surface area contributed by atoms with E-state index in [4.69, 9.17) is 0 Å². The van der Waals surface area contributed by atoms with Crippen molar-refractivity contribution < 1.29 is 0 Å². The van der Waals surface area contributed by atoms with E-state index in [0.717, 1.165) is 17.9 Å². The van der Waals surface area contributed by atoms with Gasteiger partial charge in [0.1, 0.15) is 6.33 Å². The first kappa shape index (κ1) is 11.6. The van der Waals surface area contributed by atoms with Crippen molar-refractivity contribution in [3.63, 3.8) is 0 Å². The third-order valence-electron chi connectivity index (χ3n) is 3.95. The van der Waals surface area contributed by atoms with Crippen LogP contribution in [0.2, 0.25) is 0 Å². The molecule has 0 saturated carbocycles. The van der Waals surface area contributed by atoms with E-state index >= 15 is 0 Å². The van der Waals surface area contributed by atoms with Gasteiger partial charge in [-0.25, -0.2) is 9.97 Å². The summed E-state index contributed by atoms with van der Waals surface area (Å²) in [5.74, 6) is 0.777. The van der Waals surface area contributed by atoms with E-state index in [0.29, 0.717) is 0 Å². The predicted molar refractivity (Wildman–Crippen MR) is 73.5 cm³/mol. The SMILES string of the molecule is CN1CCC(Cc2ncnc3ccccc23)CC1. The van der Waals surface area contributed by atoms with Crippen LogP contribution in [-0.2, 0) is 6.42 Å². The van der Waals surface area contributed by atoms with Crippen molar-refractivity contribution in [2.75, 3.05) is 20.1 Å². The third-order valence-corrected chi connectivity index (χ3v) is 3.95. The summed E-state index contributed by atoms with van der Waals surface area (Å²) >= 11 is 0. The summed E-state index contributed by atoms with van der Waals surface area (Å²) in [5.41, 5.74) is 2.28. The standard InChI is InChI=1S/C15H19N3/c1-18-8-6-12(7-9-18)10-15-13-4-2-3-5-14(13)16-11-17-15/h2-5,11-12H,6-10H2,1H3. The first-order valence-corrected chi connectivity index (χ1v) is 6.70. The average molecular weight is 241 g/mol. The van der Waals surface area contributed by atoms with E-state index in [2.05, 4.69) is 40.1 Å². The summed E-state index contributed by atoms with van der Waals surface area (Å²) in [4.78, 5) is 11.2. The normalized spacial score (nSPS) is 18.3. The number of rotatable bonds is 2. The molecule has 0 radical (unpaired) electrons. The lowest BCUT2D eigenvalue weighted by atomic mass is 9.91. The second-order valence-electron chi connectivity index (χ2n) is 5.29. The summed E-state index contributed by atoms with van der Waals surface area (Å²) in [6, 6.07) is 8.31. The monoisotopic (exact) mass is 241 g/mol. The highest BCUT2D eigenvalue weighted by Crippen LogP contribution is 2.23. The van der Waals surface area contributed by atoms with Gasteiger partial charge in [-0.2, -0.15) is 0 Å². The molecule has 1 aliphatic rings. The van der Waals surface area contributed by atoms with Crippen LogP contribution in [0, 0.1) is 5.92 Å². The highest BCUT2D eigenvalue weighted by Gasteiger charge is 2.18. The molecule has 94 valence electrons. The molecule has 3 rings (SSSR count).